The Labute approximate surface area is 105 Å². The molecule has 0 radical (unpaired) electrons. The first kappa shape index (κ1) is 12.4. The zero-order chi connectivity index (χ0) is 12.5. The first-order valence-electron chi connectivity index (χ1n) is 5.75. The summed E-state index contributed by atoms with van der Waals surface area (Å²) in [7, 11) is 0. The monoisotopic (exact) mass is 254 g/mol. The lowest BCUT2D eigenvalue weighted by Crippen LogP contribution is -2.48. The molecular weight excluding hydrogens is 240 g/mol. The van der Waals surface area contributed by atoms with Gasteiger partial charge in [-0.25, -0.2) is 0 Å². The third-order valence-electron chi connectivity index (χ3n) is 3.61. The molecule has 1 aromatic carbocycles. The van der Waals surface area contributed by atoms with Crippen LogP contribution in [0, 0.1) is 0 Å². The Hall–Kier alpha value is -1.06. The molecular formula is C13H15ClO3. The number of rotatable bonds is 2. The molecule has 0 unspecified atom stereocenters. The van der Waals surface area contributed by atoms with Gasteiger partial charge in [0.1, 0.15) is 5.41 Å². The summed E-state index contributed by atoms with van der Waals surface area (Å²) >= 11 is 5.80. The third-order valence-corrected chi connectivity index (χ3v) is 3.86. The van der Waals surface area contributed by atoms with Crippen molar-refractivity contribution in [2.75, 3.05) is 0 Å². The van der Waals surface area contributed by atoms with Crippen LogP contribution in [0.25, 0.3) is 0 Å². The normalized spacial score (nSPS) is 28.9. The van der Waals surface area contributed by atoms with E-state index in [4.69, 9.17) is 11.6 Å². The Balaban J connectivity index is 2.46. The summed E-state index contributed by atoms with van der Waals surface area (Å²) in [6, 6.07) is 6.74. The van der Waals surface area contributed by atoms with Crippen molar-refractivity contribution in [3.05, 3.63) is 34.9 Å². The Morgan fingerprint density at radius 2 is 1.94 bits per heavy atom. The Morgan fingerprint density at radius 3 is 2.47 bits per heavy atom. The lowest BCUT2D eigenvalue weighted by Gasteiger charge is -2.38. The van der Waals surface area contributed by atoms with Gasteiger partial charge in [0.25, 0.3) is 0 Å². The number of hydrogen-bond acceptors (Lipinski definition) is 2. The molecule has 0 aliphatic heterocycles. The Bertz CT molecular complexity index is 415. The van der Waals surface area contributed by atoms with Gasteiger partial charge in [-0.15, -0.1) is 0 Å². The molecule has 92 valence electrons. The molecule has 2 rings (SSSR count). The van der Waals surface area contributed by atoms with Gasteiger partial charge >= 0.3 is 5.97 Å². The van der Waals surface area contributed by atoms with E-state index in [1.807, 2.05) is 0 Å². The van der Waals surface area contributed by atoms with Crippen LogP contribution in [0.4, 0.5) is 0 Å². The largest absolute Gasteiger partial charge is 0.481 e. The van der Waals surface area contributed by atoms with E-state index in [1.165, 1.54) is 0 Å². The molecule has 2 atom stereocenters. The van der Waals surface area contributed by atoms with Crippen molar-refractivity contribution in [2.45, 2.75) is 37.2 Å². The van der Waals surface area contributed by atoms with E-state index in [9.17, 15) is 15.0 Å². The highest BCUT2D eigenvalue weighted by atomic mass is 35.5. The van der Waals surface area contributed by atoms with E-state index < -0.39 is 17.5 Å². The van der Waals surface area contributed by atoms with Crippen LogP contribution in [0.5, 0.6) is 0 Å². The first-order valence-corrected chi connectivity index (χ1v) is 6.12. The molecule has 4 heteroatoms. The van der Waals surface area contributed by atoms with Crippen LogP contribution in [-0.2, 0) is 10.2 Å². The van der Waals surface area contributed by atoms with Crippen molar-refractivity contribution in [3.8, 4) is 0 Å². The average Bonchev–Trinajstić information content (AvgIpc) is 2.31. The quantitative estimate of drug-likeness (QED) is 0.853. The zero-order valence-electron chi connectivity index (χ0n) is 9.40. The summed E-state index contributed by atoms with van der Waals surface area (Å²) in [4.78, 5) is 11.6. The van der Waals surface area contributed by atoms with Crippen LogP contribution < -0.4 is 0 Å². The van der Waals surface area contributed by atoms with Crippen molar-refractivity contribution in [3.63, 3.8) is 0 Å². The van der Waals surface area contributed by atoms with E-state index >= 15 is 0 Å². The number of hydrogen-bond donors (Lipinski definition) is 2. The summed E-state index contributed by atoms with van der Waals surface area (Å²) in [5.41, 5.74) is -0.523. The molecule has 1 aromatic rings. The molecule has 1 aliphatic carbocycles. The molecule has 1 saturated carbocycles. The fourth-order valence-corrected chi connectivity index (χ4v) is 2.74. The number of aliphatic hydroxyl groups excluding tert-OH is 1. The number of carboxylic acid groups (broad SMARTS) is 1. The molecule has 2 N–H and O–H groups in total. The predicted molar refractivity (Wildman–Crippen MR) is 65.2 cm³/mol. The third kappa shape index (κ3) is 2.05. The summed E-state index contributed by atoms with van der Waals surface area (Å²) in [5, 5.41) is 20.2. The number of benzene rings is 1. The van der Waals surface area contributed by atoms with Gasteiger partial charge < -0.3 is 10.2 Å². The molecule has 0 heterocycles. The van der Waals surface area contributed by atoms with Crippen LogP contribution in [0.15, 0.2) is 24.3 Å². The lowest BCUT2D eigenvalue weighted by molar-refractivity contribution is -0.151. The number of aliphatic hydroxyl groups is 1. The van der Waals surface area contributed by atoms with E-state index in [2.05, 4.69) is 0 Å². The van der Waals surface area contributed by atoms with Crippen molar-refractivity contribution in [1.29, 1.82) is 0 Å². The highest BCUT2D eigenvalue weighted by molar-refractivity contribution is 6.30. The minimum atomic E-state index is -1.16. The van der Waals surface area contributed by atoms with Gasteiger partial charge in [-0.2, -0.15) is 0 Å². The number of halogens is 1. The van der Waals surface area contributed by atoms with Crippen molar-refractivity contribution in [1.82, 2.24) is 0 Å². The molecule has 17 heavy (non-hydrogen) atoms. The molecule has 0 bridgehead atoms. The molecule has 1 fully saturated rings. The van der Waals surface area contributed by atoms with Crippen LogP contribution in [-0.4, -0.2) is 22.3 Å². The van der Waals surface area contributed by atoms with Crippen LogP contribution in [0.3, 0.4) is 0 Å². The molecule has 0 amide bonds. The Kier molecular flexibility index (Phi) is 3.40. The molecule has 0 saturated heterocycles. The second-order valence-electron chi connectivity index (χ2n) is 4.54. The average molecular weight is 255 g/mol. The van der Waals surface area contributed by atoms with Gasteiger partial charge in [-0.05, 0) is 30.5 Å². The van der Waals surface area contributed by atoms with Gasteiger partial charge in [0.05, 0.1) is 6.10 Å². The van der Waals surface area contributed by atoms with Crippen molar-refractivity contribution < 1.29 is 15.0 Å². The summed E-state index contributed by atoms with van der Waals surface area (Å²) in [6.07, 6.45) is 1.89. The second kappa shape index (κ2) is 4.67. The molecule has 0 spiro atoms. The standard InChI is InChI=1S/C13H15ClO3/c14-10-6-4-9(5-7-10)13(12(16)17)8-2-1-3-11(13)15/h4-7,11,15H,1-3,8H2,(H,16,17)/t11-,13-/m1/s1. The number of carboxylic acids is 1. The first-order chi connectivity index (χ1) is 8.07. The molecule has 1 aliphatic rings. The van der Waals surface area contributed by atoms with Crippen molar-refractivity contribution in [2.24, 2.45) is 0 Å². The zero-order valence-corrected chi connectivity index (χ0v) is 10.2. The minimum absolute atomic E-state index is 0.477. The Morgan fingerprint density at radius 1 is 1.29 bits per heavy atom. The lowest BCUT2D eigenvalue weighted by atomic mass is 9.67. The van der Waals surface area contributed by atoms with Crippen LogP contribution in [0.1, 0.15) is 31.2 Å². The fraction of sp³-hybridized carbons (Fsp3) is 0.462. The maximum Gasteiger partial charge on any atom is 0.316 e. The topological polar surface area (TPSA) is 57.5 Å². The summed E-state index contributed by atoms with van der Waals surface area (Å²) in [6.45, 7) is 0. The molecule has 3 nitrogen and oxygen atoms in total. The van der Waals surface area contributed by atoms with E-state index in [-0.39, 0.29) is 0 Å². The van der Waals surface area contributed by atoms with E-state index in [0.29, 0.717) is 23.4 Å². The number of carbonyl (C=O) groups is 1. The van der Waals surface area contributed by atoms with Gasteiger partial charge in [-0.3, -0.25) is 4.79 Å². The summed E-state index contributed by atoms with van der Waals surface area (Å²) < 4.78 is 0. The highest BCUT2D eigenvalue weighted by Gasteiger charge is 2.48. The smallest absolute Gasteiger partial charge is 0.316 e. The number of aliphatic carboxylic acids is 1. The van der Waals surface area contributed by atoms with Crippen LogP contribution in [0.2, 0.25) is 5.02 Å². The minimum Gasteiger partial charge on any atom is -0.481 e. The fourth-order valence-electron chi connectivity index (χ4n) is 2.61. The van der Waals surface area contributed by atoms with Crippen LogP contribution >= 0.6 is 11.6 Å². The predicted octanol–water partition coefficient (Wildman–Crippen LogP) is 2.60. The van der Waals surface area contributed by atoms with E-state index in [0.717, 1.165) is 12.8 Å². The van der Waals surface area contributed by atoms with Gasteiger partial charge in [0.2, 0.25) is 0 Å². The van der Waals surface area contributed by atoms with Gasteiger partial charge in [0.15, 0.2) is 0 Å². The van der Waals surface area contributed by atoms with Crippen molar-refractivity contribution >= 4 is 17.6 Å². The van der Waals surface area contributed by atoms with E-state index in [1.54, 1.807) is 24.3 Å². The SMILES string of the molecule is O=C(O)[C@@]1(c2ccc(Cl)cc2)CCCC[C@H]1O. The molecule has 0 aromatic heterocycles. The highest BCUT2D eigenvalue weighted by Crippen LogP contribution is 2.40. The van der Waals surface area contributed by atoms with Gasteiger partial charge in [-0.1, -0.05) is 36.6 Å². The maximum atomic E-state index is 11.6. The summed E-state index contributed by atoms with van der Waals surface area (Å²) in [5.74, 6) is -0.952. The van der Waals surface area contributed by atoms with Gasteiger partial charge in [0, 0.05) is 5.02 Å². The second-order valence-corrected chi connectivity index (χ2v) is 4.98. The maximum absolute atomic E-state index is 11.6.